The second-order valence-electron chi connectivity index (χ2n) is 4.10. The van der Waals surface area contributed by atoms with Crippen molar-refractivity contribution in [2.24, 2.45) is 4.99 Å². The average Bonchev–Trinajstić information content (AvgIpc) is 2.76. The monoisotopic (exact) mass is 242 g/mol. The summed E-state index contributed by atoms with van der Waals surface area (Å²) >= 11 is 0. The van der Waals surface area contributed by atoms with Crippen molar-refractivity contribution in [1.82, 2.24) is 9.97 Å². The number of nitrogens with zero attached hydrogens (tertiary/aromatic N) is 2. The van der Waals surface area contributed by atoms with Crippen molar-refractivity contribution in [2.45, 2.75) is 20.3 Å². The van der Waals surface area contributed by atoms with E-state index >= 15 is 0 Å². The highest BCUT2D eigenvalue weighted by Crippen LogP contribution is 2.26. The van der Waals surface area contributed by atoms with Crippen LogP contribution in [-0.2, 0) is 6.42 Å². The number of aryl methyl sites for hydroxylation is 1. The van der Waals surface area contributed by atoms with Crippen LogP contribution in [0.1, 0.15) is 25.0 Å². The maximum Gasteiger partial charge on any atom is 0.198 e. The van der Waals surface area contributed by atoms with Crippen LogP contribution in [0.2, 0.25) is 0 Å². The Bertz CT molecular complexity index is 620. The summed E-state index contributed by atoms with van der Waals surface area (Å²) in [5.74, 6) is 0.455. The van der Waals surface area contributed by atoms with Crippen molar-refractivity contribution in [1.29, 1.82) is 0 Å². The van der Waals surface area contributed by atoms with Gasteiger partial charge >= 0.3 is 0 Å². The molecule has 4 nitrogen and oxygen atoms in total. The summed E-state index contributed by atoms with van der Waals surface area (Å²) in [4.78, 5) is 11.6. The van der Waals surface area contributed by atoms with E-state index in [9.17, 15) is 0 Å². The Balaban J connectivity index is 2.73. The summed E-state index contributed by atoms with van der Waals surface area (Å²) in [5, 5.41) is 0. The molecule has 0 aliphatic carbocycles. The smallest absolute Gasteiger partial charge is 0.198 e. The molecule has 0 unspecified atom stereocenters. The number of imidazole rings is 1. The van der Waals surface area contributed by atoms with Crippen molar-refractivity contribution in [3.8, 4) is 0 Å². The number of hydrogen-bond donors (Lipinski definition) is 2. The molecule has 94 valence electrons. The van der Waals surface area contributed by atoms with Crippen LogP contribution in [0, 0.1) is 0 Å². The standard InChI is InChI=1S/C14H18N4/c1-4-9-6-7-11(10(5-2)8-16-3)13-12(9)17-14(15)18-13/h5-8H,4H2,1-3H3,(H3,15,17,18)/b10-5+,16-8?. The number of aliphatic imine (C=N–C) groups is 1. The third-order valence-electron chi connectivity index (χ3n) is 3.02. The zero-order valence-corrected chi connectivity index (χ0v) is 11.0. The van der Waals surface area contributed by atoms with Crippen molar-refractivity contribution in [3.05, 3.63) is 29.3 Å². The maximum atomic E-state index is 5.78. The van der Waals surface area contributed by atoms with E-state index < -0.39 is 0 Å². The number of fused-ring (bicyclic) bond motifs is 1. The fourth-order valence-electron chi connectivity index (χ4n) is 2.13. The third-order valence-corrected chi connectivity index (χ3v) is 3.02. The minimum atomic E-state index is 0.455. The fraction of sp³-hybridized carbons (Fsp3) is 0.286. The molecule has 0 fully saturated rings. The van der Waals surface area contributed by atoms with E-state index in [1.165, 1.54) is 5.56 Å². The van der Waals surface area contributed by atoms with Crippen molar-refractivity contribution >= 4 is 28.8 Å². The number of anilines is 1. The number of benzene rings is 1. The number of nitrogen functional groups attached to an aromatic ring is 1. The normalized spacial score (nSPS) is 12.7. The molecule has 0 spiro atoms. The van der Waals surface area contributed by atoms with Crippen LogP contribution in [0.5, 0.6) is 0 Å². The Morgan fingerprint density at radius 3 is 2.89 bits per heavy atom. The molecule has 0 atom stereocenters. The number of aromatic amines is 1. The zero-order valence-electron chi connectivity index (χ0n) is 11.0. The Hall–Kier alpha value is -2.10. The van der Waals surface area contributed by atoms with E-state index in [1.807, 2.05) is 19.2 Å². The molecule has 0 bridgehead atoms. The van der Waals surface area contributed by atoms with E-state index in [0.717, 1.165) is 28.6 Å². The lowest BCUT2D eigenvalue weighted by atomic mass is 10.0. The van der Waals surface area contributed by atoms with Crippen LogP contribution in [0.3, 0.4) is 0 Å². The van der Waals surface area contributed by atoms with E-state index in [2.05, 4.69) is 34.0 Å². The van der Waals surface area contributed by atoms with Crippen molar-refractivity contribution < 1.29 is 0 Å². The van der Waals surface area contributed by atoms with Gasteiger partial charge in [-0.05, 0) is 24.5 Å². The van der Waals surface area contributed by atoms with E-state index in [0.29, 0.717) is 5.95 Å². The number of nitrogens with one attached hydrogen (secondary N) is 1. The van der Waals surface area contributed by atoms with Gasteiger partial charge in [-0.15, -0.1) is 0 Å². The van der Waals surface area contributed by atoms with Gasteiger partial charge in [0.2, 0.25) is 0 Å². The molecule has 0 amide bonds. The number of allylic oxidation sites excluding steroid dienone is 2. The van der Waals surface area contributed by atoms with Crippen LogP contribution in [0.15, 0.2) is 23.2 Å². The van der Waals surface area contributed by atoms with Gasteiger partial charge in [-0.1, -0.05) is 25.1 Å². The lowest BCUT2D eigenvalue weighted by Crippen LogP contribution is -1.91. The summed E-state index contributed by atoms with van der Waals surface area (Å²) in [6, 6.07) is 4.20. The van der Waals surface area contributed by atoms with Gasteiger partial charge in [-0.25, -0.2) is 4.98 Å². The van der Waals surface area contributed by atoms with Gasteiger partial charge in [-0.2, -0.15) is 0 Å². The predicted octanol–water partition coefficient (Wildman–Crippen LogP) is 2.81. The van der Waals surface area contributed by atoms with Crippen LogP contribution >= 0.6 is 0 Å². The first-order chi connectivity index (χ1) is 8.71. The molecule has 2 aromatic rings. The highest BCUT2D eigenvalue weighted by Gasteiger charge is 2.11. The summed E-state index contributed by atoms with van der Waals surface area (Å²) in [6.45, 7) is 4.11. The first-order valence-corrected chi connectivity index (χ1v) is 6.07. The van der Waals surface area contributed by atoms with Gasteiger partial charge in [0.05, 0.1) is 11.0 Å². The van der Waals surface area contributed by atoms with Gasteiger partial charge in [0.15, 0.2) is 5.95 Å². The van der Waals surface area contributed by atoms with E-state index in [4.69, 9.17) is 5.73 Å². The average molecular weight is 242 g/mol. The zero-order chi connectivity index (χ0) is 13.1. The molecule has 0 aliphatic heterocycles. The lowest BCUT2D eigenvalue weighted by Gasteiger charge is -2.06. The molecule has 4 heteroatoms. The Morgan fingerprint density at radius 1 is 1.50 bits per heavy atom. The van der Waals surface area contributed by atoms with E-state index in [-0.39, 0.29) is 0 Å². The van der Waals surface area contributed by atoms with Gasteiger partial charge in [-0.3, -0.25) is 4.99 Å². The molecule has 18 heavy (non-hydrogen) atoms. The number of nitrogens with two attached hydrogens (primary N) is 1. The first-order valence-electron chi connectivity index (χ1n) is 6.07. The Kier molecular flexibility index (Phi) is 3.46. The second-order valence-corrected chi connectivity index (χ2v) is 4.10. The molecule has 2 rings (SSSR count). The molecule has 1 aromatic heterocycles. The summed E-state index contributed by atoms with van der Waals surface area (Å²) < 4.78 is 0. The molecule has 1 heterocycles. The molecular formula is C14H18N4. The van der Waals surface area contributed by atoms with Crippen molar-refractivity contribution in [3.63, 3.8) is 0 Å². The Morgan fingerprint density at radius 2 is 2.28 bits per heavy atom. The topological polar surface area (TPSA) is 67.1 Å². The first kappa shape index (κ1) is 12.4. The predicted molar refractivity (Wildman–Crippen MR) is 78.0 cm³/mol. The van der Waals surface area contributed by atoms with Gasteiger partial charge in [0, 0.05) is 18.8 Å². The summed E-state index contributed by atoms with van der Waals surface area (Å²) in [7, 11) is 1.77. The maximum absolute atomic E-state index is 5.78. The van der Waals surface area contributed by atoms with Crippen LogP contribution in [-0.4, -0.2) is 23.2 Å². The molecule has 3 N–H and O–H groups in total. The highest BCUT2D eigenvalue weighted by atomic mass is 15.0. The number of H-pyrrole nitrogens is 1. The molecule has 0 aliphatic rings. The van der Waals surface area contributed by atoms with Gasteiger partial charge in [0.1, 0.15) is 0 Å². The third kappa shape index (κ3) is 2.01. The minimum Gasteiger partial charge on any atom is -0.369 e. The Labute approximate surface area is 107 Å². The fourth-order valence-corrected chi connectivity index (χ4v) is 2.13. The molecular weight excluding hydrogens is 224 g/mol. The van der Waals surface area contributed by atoms with Crippen LogP contribution in [0.4, 0.5) is 5.95 Å². The summed E-state index contributed by atoms with van der Waals surface area (Å²) in [5.41, 5.74) is 11.1. The summed E-state index contributed by atoms with van der Waals surface area (Å²) in [6.07, 6.45) is 4.82. The lowest BCUT2D eigenvalue weighted by molar-refractivity contribution is 1.15. The quantitative estimate of drug-likeness (QED) is 0.813. The largest absolute Gasteiger partial charge is 0.369 e. The molecule has 0 radical (unpaired) electrons. The van der Waals surface area contributed by atoms with E-state index in [1.54, 1.807) is 7.05 Å². The highest BCUT2D eigenvalue weighted by molar-refractivity contribution is 6.14. The number of aromatic nitrogens is 2. The minimum absolute atomic E-state index is 0.455. The van der Waals surface area contributed by atoms with Crippen LogP contribution < -0.4 is 5.73 Å². The van der Waals surface area contributed by atoms with Crippen LogP contribution in [0.25, 0.3) is 16.6 Å². The van der Waals surface area contributed by atoms with Gasteiger partial charge < -0.3 is 10.7 Å². The molecule has 0 saturated carbocycles. The SMILES string of the molecule is C/C=C(\C=NC)c1ccc(CC)c2nc(N)[nH]c12. The van der Waals surface area contributed by atoms with Crippen molar-refractivity contribution in [2.75, 3.05) is 12.8 Å². The second kappa shape index (κ2) is 5.04. The number of rotatable bonds is 3. The van der Waals surface area contributed by atoms with Gasteiger partial charge in [0.25, 0.3) is 0 Å². The molecule has 1 aromatic carbocycles. The molecule has 0 saturated heterocycles. The number of hydrogen-bond acceptors (Lipinski definition) is 3.